The van der Waals surface area contributed by atoms with E-state index >= 15 is 0 Å². The van der Waals surface area contributed by atoms with Gasteiger partial charge in [0.05, 0.1) is 4.88 Å². The van der Waals surface area contributed by atoms with Crippen molar-refractivity contribution < 1.29 is 9.15 Å². The molecule has 0 aliphatic heterocycles. The zero-order chi connectivity index (χ0) is 13.9. The highest BCUT2D eigenvalue weighted by Gasteiger charge is 2.12. The molecule has 0 N–H and O–H groups in total. The van der Waals surface area contributed by atoms with Crippen molar-refractivity contribution in [2.24, 2.45) is 0 Å². The molecule has 0 atom stereocenters. The Morgan fingerprint density at radius 3 is 2.65 bits per heavy atom. The Labute approximate surface area is 121 Å². The number of nitrogens with zero attached hydrogens (tertiary/aromatic N) is 1. The summed E-state index contributed by atoms with van der Waals surface area (Å²) in [5.41, 5.74) is 2.06. The van der Waals surface area contributed by atoms with E-state index in [9.17, 15) is 0 Å². The van der Waals surface area contributed by atoms with Gasteiger partial charge in [-0.3, -0.25) is 0 Å². The maximum atomic E-state index is 5.74. The molecule has 0 bridgehead atoms. The Kier molecular flexibility index (Phi) is 3.56. The van der Waals surface area contributed by atoms with E-state index in [1.807, 2.05) is 48.7 Å². The van der Waals surface area contributed by atoms with Crippen LogP contribution in [0.4, 0.5) is 0 Å². The number of ether oxygens (including phenoxy) is 1. The van der Waals surface area contributed by atoms with Gasteiger partial charge in [-0.05, 0) is 37.4 Å². The summed E-state index contributed by atoms with van der Waals surface area (Å²) in [5, 5.41) is 2.01. The molecular formula is C16H15NO2S. The van der Waals surface area contributed by atoms with Crippen LogP contribution in [0.25, 0.3) is 10.8 Å². The van der Waals surface area contributed by atoms with Crippen LogP contribution in [0.3, 0.4) is 0 Å². The molecule has 0 fully saturated rings. The first-order valence-electron chi connectivity index (χ1n) is 6.42. The van der Waals surface area contributed by atoms with E-state index in [1.54, 1.807) is 11.3 Å². The Hall–Kier alpha value is -2.07. The van der Waals surface area contributed by atoms with Crippen molar-refractivity contribution in [2.75, 3.05) is 0 Å². The van der Waals surface area contributed by atoms with E-state index in [4.69, 9.17) is 9.15 Å². The minimum absolute atomic E-state index is 0.420. The van der Waals surface area contributed by atoms with Gasteiger partial charge in [0, 0.05) is 0 Å². The van der Waals surface area contributed by atoms with E-state index in [0.717, 1.165) is 22.1 Å². The van der Waals surface area contributed by atoms with Gasteiger partial charge in [0.1, 0.15) is 23.8 Å². The van der Waals surface area contributed by atoms with E-state index in [1.165, 1.54) is 5.56 Å². The van der Waals surface area contributed by atoms with Crippen molar-refractivity contribution in [3.63, 3.8) is 0 Å². The molecule has 2 aromatic heterocycles. The number of benzene rings is 1. The highest BCUT2D eigenvalue weighted by molar-refractivity contribution is 7.13. The lowest BCUT2D eigenvalue weighted by Gasteiger charge is -2.04. The second-order valence-corrected chi connectivity index (χ2v) is 5.55. The molecular weight excluding hydrogens is 270 g/mol. The van der Waals surface area contributed by atoms with Gasteiger partial charge in [0.15, 0.2) is 0 Å². The Morgan fingerprint density at radius 1 is 1.15 bits per heavy atom. The normalized spacial score (nSPS) is 10.7. The van der Waals surface area contributed by atoms with Crippen LogP contribution in [0, 0.1) is 13.8 Å². The van der Waals surface area contributed by atoms with Crippen LogP contribution < -0.4 is 4.74 Å². The lowest BCUT2D eigenvalue weighted by molar-refractivity contribution is 0.299. The van der Waals surface area contributed by atoms with Crippen molar-refractivity contribution in [1.82, 2.24) is 4.98 Å². The van der Waals surface area contributed by atoms with Gasteiger partial charge in [-0.1, -0.05) is 23.8 Å². The number of hydrogen-bond donors (Lipinski definition) is 0. The molecule has 3 aromatic rings. The summed E-state index contributed by atoms with van der Waals surface area (Å²) in [6.07, 6.45) is 0. The van der Waals surface area contributed by atoms with Gasteiger partial charge in [0.25, 0.3) is 0 Å². The second-order valence-electron chi connectivity index (χ2n) is 4.60. The molecule has 20 heavy (non-hydrogen) atoms. The average molecular weight is 285 g/mol. The standard InChI is InChI=1S/C16H15NO2S/c1-11-5-7-13(8-6-11)18-10-14-12(2)19-16(17-14)15-4-3-9-20-15/h3-9H,10H2,1-2H3. The molecule has 102 valence electrons. The predicted octanol–water partition coefficient (Wildman–Crippen LogP) is 4.60. The van der Waals surface area contributed by atoms with E-state index in [-0.39, 0.29) is 0 Å². The molecule has 0 radical (unpaired) electrons. The maximum absolute atomic E-state index is 5.74. The van der Waals surface area contributed by atoms with Crippen molar-refractivity contribution in [2.45, 2.75) is 20.5 Å². The maximum Gasteiger partial charge on any atom is 0.236 e. The van der Waals surface area contributed by atoms with Crippen molar-refractivity contribution >= 4 is 11.3 Å². The monoisotopic (exact) mass is 285 g/mol. The van der Waals surface area contributed by atoms with Crippen LogP contribution in [-0.4, -0.2) is 4.98 Å². The molecule has 0 aliphatic rings. The zero-order valence-electron chi connectivity index (χ0n) is 11.4. The highest BCUT2D eigenvalue weighted by Crippen LogP contribution is 2.26. The van der Waals surface area contributed by atoms with Gasteiger partial charge in [-0.15, -0.1) is 11.3 Å². The third kappa shape index (κ3) is 2.75. The summed E-state index contributed by atoms with van der Waals surface area (Å²) in [6, 6.07) is 12.0. The smallest absolute Gasteiger partial charge is 0.236 e. The van der Waals surface area contributed by atoms with Crippen LogP contribution in [-0.2, 0) is 6.61 Å². The number of hydrogen-bond acceptors (Lipinski definition) is 4. The van der Waals surface area contributed by atoms with Gasteiger partial charge in [0.2, 0.25) is 5.89 Å². The lowest BCUT2D eigenvalue weighted by atomic mass is 10.2. The summed E-state index contributed by atoms with van der Waals surface area (Å²) in [5.74, 6) is 2.32. The van der Waals surface area contributed by atoms with Gasteiger partial charge >= 0.3 is 0 Å². The molecule has 0 amide bonds. The molecule has 0 saturated heterocycles. The SMILES string of the molecule is Cc1ccc(OCc2nc(-c3cccs3)oc2C)cc1. The Morgan fingerprint density at radius 2 is 1.95 bits per heavy atom. The third-order valence-electron chi connectivity index (χ3n) is 3.02. The summed E-state index contributed by atoms with van der Waals surface area (Å²) >= 11 is 1.62. The summed E-state index contributed by atoms with van der Waals surface area (Å²) in [4.78, 5) is 5.54. The fourth-order valence-electron chi connectivity index (χ4n) is 1.85. The number of rotatable bonds is 4. The molecule has 0 spiro atoms. The number of thiophene rings is 1. The van der Waals surface area contributed by atoms with Crippen LogP contribution in [0.15, 0.2) is 46.2 Å². The first-order valence-corrected chi connectivity index (χ1v) is 7.30. The molecule has 1 aromatic carbocycles. The molecule has 3 nitrogen and oxygen atoms in total. The van der Waals surface area contributed by atoms with E-state index < -0.39 is 0 Å². The number of oxazole rings is 1. The van der Waals surface area contributed by atoms with E-state index in [2.05, 4.69) is 11.9 Å². The average Bonchev–Trinajstić information content (AvgIpc) is 3.08. The number of aryl methyl sites for hydroxylation is 2. The Balaban J connectivity index is 1.73. The second kappa shape index (κ2) is 5.51. The summed E-state index contributed by atoms with van der Waals surface area (Å²) < 4.78 is 11.4. The molecule has 0 saturated carbocycles. The minimum atomic E-state index is 0.420. The van der Waals surface area contributed by atoms with E-state index in [0.29, 0.717) is 12.5 Å². The predicted molar refractivity (Wildman–Crippen MR) is 80.1 cm³/mol. The topological polar surface area (TPSA) is 35.3 Å². The van der Waals surface area contributed by atoms with Crippen LogP contribution in [0.5, 0.6) is 5.75 Å². The summed E-state index contributed by atoms with van der Waals surface area (Å²) in [7, 11) is 0. The van der Waals surface area contributed by atoms with Crippen molar-refractivity contribution in [3.8, 4) is 16.5 Å². The Bertz CT molecular complexity index is 684. The van der Waals surface area contributed by atoms with Gasteiger partial charge in [-0.2, -0.15) is 0 Å². The molecule has 0 aliphatic carbocycles. The quantitative estimate of drug-likeness (QED) is 0.702. The molecule has 4 heteroatoms. The van der Waals surface area contributed by atoms with Crippen LogP contribution in [0.1, 0.15) is 17.0 Å². The fourth-order valence-corrected chi connectivity index (χ4v) is 2.50. The minimum Gasteiger partial charge on any atom is -0.487 e. The molecule has 2 heterocycles. The lowest BCUT2D eigenvalue weighted by Crippen LogP contribution is -1.97. The van der Waals surface area contributed by atoms with Gasteiger partial charge < -0.3 is 9.15 Å². The highest BCUT2D eigenvalue weighted by atomic mass is 32.1. The van der Waals surface area contributed by atoms with Crippen molar-refractivity contribution in [3.05, 3.63) is 58.8 Å². The van der Waals surface area contributed by atoms with Crippen LogP contribution in [0.2, 0.25) is 0 Å². The zero-order valence-corrected chi connectivity index (χ0v) is 12.2. The first kappa shape index (κ1) is 12.9. The first-order chi connectivity index (χ1) is 9.72. The number of aromatic nitrogens is 1. The fraction of sp³-hybridized carbons (Fsp3) is 0.188. The van der Waals surface area contributed by atoms with Crippen LogP contribution >= 0.6 is 11.3 Å². The summed E-state index contributed by atoms with van der Waals surface area (Å²) in [6.45, 7) is 4.39. The third-order valence-corrected chi connectivity index (χ3v) is 3.88. The molecule has 0 unspecified atom stereocenters. The van der Waals surface area contributed by atoms with Gasteiger partial charge in [-0.25, -0.2) is 4.98 Å². The largest absolute Gasteiger partial charge is 0.487 e. The van der Waals surface area contributed by atoms with Crippen molar-refractivity contribution in [1.29, 1.82) is 0 Å². The molecule has 3 rings (SSSR count).